The second-order valence-electron chi connectivity index (χ2n) is 6.13. The number of nitrogens with one attached hydrogen (secondary N) is 1. The number of hydrogen-bond acceptors (Lipinski definition) is 1. The molecule has 0 aliphatic heterocycles. The van der Waals surface area contributed by atoms with Gasteiger partial charge in [0.15, 0.2) is 0 Å². The van der Waals surface area contributed by atoms with Crippen molar-refractivity contribution in [2.45, 2.75) is 60.3 Å². The molecule has 0 heterocycles. The van der Waals surface area contributed by atoms with Crippen LogP contribution in [0.25, 0.3) is 0 Å². The molecule has 0 amide bonds. The number of hydrogen-bond donors (Lipinski definition) is 1. The van der Waals surface area contributed by atoms with E-state index in [1.54, 1.807) is 0 Å². The van der Waals surface area contributed by atoms with E-state index in [1.165, 1.54) is 25.0 Å². The van der Waals surface area contributed by atoms with Gasteiger partial charge in [-0.25, -0.2) is 0 Å². The van der Waals surface area contributed by atoms with Gasteiger partial charge in [-0.15, -0.1) is 0 Å². The molecule has 0 aliphatic rings. The maximum absolute atomic E-state index is 4.05. The molecule has 1 heteroatoms. The van der Waals surface area contributed by atoms with Crippen molar-refractivity contribution in [2.24, 2.45) is 11.3 Å². The fourth-order valence-corrected chi connectivity index (χ4v) is 1.44. The van der Waals surface area contributed by atoms with Crippen LogP contribution >= 0.6 is 0 Å². The third-order valence-corrected chi connectivity index (χ3v) is 2.50. The molecule has 0 saturated heterocycles. The van der Waals surface area contributed by atoms with Crippen LogP contribution in [0.15, 0.2) is 12.3 Å². The zero-order valence-electron chi connectivity index (χ0n) is 11.3. The van der Waals surface area contributed by atoms with Crippen LogP contribution in [0.2, 0.25) is 0 Å². The highest BCUT2D eigenvalue weighted by molar-refractivity contribution is 4.90. The lowest BCUT2D eigenvalue weighted by Crippen LogP contribution is -2.16. The topological polar surface area (TPSA) is 12.0 Å². The maximum atomic E-state index is 4.05. The quantitative estimate of drug-likeness (QED) is 0.617. The Bertz CT molecular complexity index is 174. The van der Waals surface area contributed by atoms with Crippen molar-refractivity contribution in [3.05, 3.63) is 12.3 Å². The largest absolute Gasteiger partial charge is 0.389 e. The molecule has 0 aliphatic carbocycles. The molecule has 0 unspecified atom stereocenters. The fourth-order valence-electron chi connectivity index (χ4n) is 1.44. The summed E-state index contributed by atoms with van der Waals surface area (Å²) in [6.45, 7) is 16.5. The molecule has 0 spiro atoms. The fraction of sp³-hybridized carbons (Fsp3) is 0.857. The Morgan fingerprint density at radius 2 is 1.87 bits per heavy atom. The molecule has 0 saturated carbocycles. The SMILES string of the molecule is C=C(CCC(C)C)NCCCC(C)(C)C. The number of allylic oxidation sites excluding steroid dienone is 1. The Morgan fingerprint density at radius 1 is 1.27 bits per heavy atom. The van der Waals surface area contributed by atoms with Crippen LogP contribution in [-0.2, 0) is 0 Å². The standard InChI is InChI=1S/C14H29N/c1-12(2)8-9-13(3)15-11-7-10-14(4,5)6/h12,15H,3,7-11H2,1-2,4-6H3. The lowest BCUT2D eigenvalue weighted by molar-refractivity contribution is 0.363. The number of rotatable bonds is 7. The van der Waals surface area contributed by atoms with Gasteiger partial charge in [0.2, 0.25) is 0 Å². The van der Waals surface area contributed by atoms with Crippen molar-refractivity contribution >= 4 is 0 Å². The Balaban J connectivity index is 3.40. The average Bonchev–Trinajstić information content (AvgIpc) is 2.07. The van der Waals surface area contributed by atoms with Crippen molar-refractivity contribution in [1.29, 1.82) is 0 Å². The molecule has 0 aromatic rings. The molecule has 1 nitrogen and oxygen atoms in total. The molecule has 0 bridgehead atoms. The van der Waals surface area contributed by atoms with Crippen LogP contribution in [0.3, 0.4) is 0 Å². The lowest BCUT2D eigenvalue weighted by atomic mass is 9.91. The third-order valence-electron chi connectivity index (χ3n) is 2.50. The molecular formula is C14H29N. The van der Waals surface area contributed by atoms with Gasteiger partial charge in [-0.1, -0.05) is 41.2 Å². The Labute approximate surface area is 96.3 Å². The molecule has 0 atom stereocenters. The first-order chi connectivity index (χ1) is 6.81. The summed E-state index contributed by atoms with van der Waals surface area (Å²) in [5, 5.41) is 3.42. The normalized spacial score (nSPS) is 11.9. The Kier molecular flexibility index (Phi) is 6.71. The lowest BCUT2D eigenvalue weighted by Gasteiger charge is -2.18. The zero-order valence-corrected chi connectivity index (χ0v) is 11.3. The molecule has 0 aromatic heterocycles. The van der Waals surface area contributed by atoms with Crippen LogP contribution in [-0.4, -0.2) is 6.54 Å². The van der Waals surface area contributed by atoms with Gasteiger partial charge in [0.05, 0.1) is 0 Å². The highest BCUT2D eigenvalue weighted by Gasteiger charge is 2.08. The zero-order chi connectivity index (χ0) is 11.9. The summed E-state index contributed by atoms with van der Waals surface area (Å²) in [4.78, 5) is 0. The smallest absolute Gasteiger partial charge is 0.0143 e. The van der Waals surface area contributed by atoms with Crippen LogP contribution in [0.1, 0.15) is 60.3 Å². The second-order valence-corrected chi connectivity index (χ2v) is 6.13. The van der Waals surface area contributed by atoms with Gasteiger partial charge in [0.25, 0.3) is 0 Å². The van der Waals surface area contributed by atoms with E-state index in [1.807, 2.05) is 0 Å². The second kappa shape index (κ2) is 6.92. The minimum atomic E-state index is 0.459. The van der Waals surface area contributed by atoms with E-state index in [4.69, 9.17) is 0 Å². The van der Waals surface area contributed by atoms with E-state index < -0.39 is 0 Å². The first kappa shape index (κ1) is 14.5. The Hall–Kier alpha value is -0.460. The van der Waals surface area contributed by atoms with Gasteiger partial charge in [-0.2, -0.15) is 0 Å². The van der Waals surface area contributed by atoms with Crippen LogP contribution < -0.4 is 5.32 Å². The van der Waals surface area contributed by atoms with Gasteiger partial charge in [-0.05, 0) is 37.0 Å². The predicted molar refractivity (Wildman–Crippen MR) is 69.9 cm³/mol. The first-order valence-corrected chi connectivity index (χ1v) is 6.23. The maximum Gasteiger partial charge on any atom is 0.0143 e. The summed E-state index contributed by atoms with van der Waals surface area (Å²) < 4.78 is 0. The predicted octanol–water partition coefficient (Wildman–Crippen LogP) is 4.35. The van der Waals surface area contributed by atoms with E-state index in [2.05, 4.69) is 46.5 Å². The van der Waals surface area contributed by atoms with E-state index in [9.17, 15) is 0 Å². The molecular weight excluding hydrogens is 182 g/mol. The van der Waals surface area contributed by atoms with Gasteiger partial charge >= 0.3 is 0 Å². The van der Waals surface area contributed by atoms with Crippen molar-refractivity contribution in [3.8, 4) is 0 Å². The first-order valence-electron chi connectivity index (χ1n) is 6.23. The van der Waals surface area contributed by atoms with Crippen molar-refractivity contribution < 1.29 is 0 Å². The van der Waals surface area contributed by atoms with E-state index in [-0.39, 0.29) is 0 Å². The molecule has 1 N–H and O–H groups in total. The summed E-state index contributed by atoms with van der Waals surface area (Å²) in [5.74, 6) is 0.776. The van der Waals surface area contributed by atoms with Crippen molar-refractivity contribution in [2.75, 3.05) is 6.54 Å². The van der Waals surface area contributed by atoms with Crippen LogP contribution in [0.5, 0.6) is 0 Å². The third kappa shape index (κ3) is 11.5. The Morgan fingerprint density at radius 3 is 2.33 bits per heavy atom. The minimum absolute atomic E-state index is 0.459. The molecule has 90 valence electrons. The highest BCUT2D eigenvalue weighted by atomic mass is 14.9. The summed E-state index contributed by atoms with van der Waals surface area (Å²) in [7, 11) is 0. The summed E-state index contributed by atoms with van der Waals surface area (Å²) in [6.07, 6.45) is 4.87. The van der Waals surface area contributed by atoms with E-state index in [0.29, 0.717) is 5.41 Å². The van der Waals surface area contributed by atoms with Crippen LogP contribution in [0.4, 0.5) is 0 Å². The summed E-state index contributed by atoms with van der Waals surface area (Å²) in [5.41, 5.74) is 1.67. The highest BCUT2D eigenvalue weighted by Crippen LogP contribution is 2.20. The summed E-state index contributed by atoms with van der Waals surface area (Å²) >= 11 is 0. The van der Waals surface area contributed by atoms with Crippen molar-refractivity contribution in [3.63, 3.8) is 0 Å². The molecule has 0 rings (SSSR count). The summed E-state index contributed by atoms with van der Waals surface area (Å²) in [6, 6.07) is 0. The molecule has 0 aromatic carbocycles. The molecule has 0 radical (unpaired) electrons. The van der Waals surface area contributed by atoms with Gasteiger partial charge in [0, 0.05) is 12.2 Å². The molecule has 0 fully saturated rings. The monoisotopic (exact) mass is 211 g/mol. The van der Waals surface area contributed by atoms with Crippen molar-refractivity contribution in [1.82, 2.24) is 5.32 Å². The van der Waals surface area contributed by atoms with Crippen LogP contribution in [0, 0.1) is 11.3 Å². The molecule has 15 heavy (non-hydrogen) atoms. The average molecular weight is 211 g/mol. The van der Waals surface area contributed by atoms with E-state index >= 15 is 0 Å². The van der Waals surface area contributed by atoms with Gasteiger partial charge < -0.3 is 5.32 Å². The van der Waals surface area contributed by atoms with Gasteiger partial charge in [-0.3, -0.25) is 0 Å². The van der Waals surface area contributed by atoms with Gasteiger partial charge in [0.1, 0.15) is 0 Å². The van der Waals surface area contributed by atoms with E-state index in [0.717, 1.165) is 18.9 Å². The minimum Gasteiger partial charge on any atom is -0.389 e.